The number of hydrogen-bond donors (Lipinski definition) is 2. The lowest BCUT2D eigenvalue weighted by atomic mass is 9.96. The third kappa shape index (κ3) is 4.51. The molecule has 2 aliphatic heterocycles. The molecule has 6 rings (SSSR count). The number of urea groups is 1. The van der Waals surface area contributed by atoms with Gasteiger partial charge in [-0.25, -0.2) is 14.7 Å². The van der Waals surface area contributed by atoms with E-state index in [1.54, 1.807) is 17.2 Å². The molecule has 1 saturated heterocycles. The van der Waals surface area contributed by atoms with Crippen LogP contribution in [0.25, 0.3) is 10.2 Å². The maximum atomic E-state index is 13.7. The summed E-state index contributed by atoms with van der Waals surface area (Å²) in [5.41, 5.74) is 2.53. The number of rotatable bonds is 6. The zero-order valence-electron chi connectivity index (χ0n) is 21.8. The van der Waals surface area contributed by atoms with Gasteiger partial charge in [-0.2, -0.15) is 0 Å². The van der Waals surface area contributed by atoms with Crippen molar-refractivity contribution >= 4 is 61.5 Å². The van der Waals surface area contributed by atoms with Crippen molar-refractivity contribution in [2.75, 3.05) is 28.2 Å². The molecule has 2 N–H and O–H groups in total. The van der Waals surface area contributed by atoms with E-state index < -0.39 is 11.9 Å². The normalized spacial score (nSPS) is 15.0. The number of nitrogens with one attached hydrogen (secondary N) is 2. The van der Waals surface area contributed by atoms with E-state index in [2.05, 4.69) is 22.2 Å². The van der Waals surface area contributed by atoms with Gasteiger partial charge >= 0.3 is 6.03 Å². The lowest BCUT2D eigenvalue weighted by molar-refractivity contribution is -0.127. The Balaban J connectivity index is 1.41. The molecular weight excluding hydrogens is 526 g/mol. The van der Waals surface area contributed by atoms with Gasteiger partial charge in [0.2, 0.25) is 5.91 Å². The van der Waals surface area contributed by atoms with Crippen LogP contribution in [-0.2, 0) is 9.59 Å². The number of piperidine rings is 1. The molecule has 0 radical (unpaired) electrons. The molecule has 0 atom stereocenters. The van der Waals surface area contributed by atoms with E-state index in [1.807, 2.05) is 55.5 Å². The first kappa shape index (κ1) is 25.7. The van der Waals surface area contributed by atoms with Crippen LogP contribution in [0.5, 0.6) is 11.5 Å². The molecule has 10 heteroatoms. The number of pyridine rings is 1. The minimum Gasteiger partial charge on any atom is -0.457 e. The number of aromatic nitrogens is 1. The van der Waals surface area contributed by atoms with Gasteiger partial charge in [0.25, 0.3) is 5.91 Å². The predicted molar refractivity (Wildman–Crippen MR) is 157 cm³/mol. The Kier molecular flexibility index (Phi) is 6.79. The average Bonchev–Trinajstić information content (AvgIpc) is 3.33. The first-order valence-electron chi connectivity index (χ1n) is 13.0. The van der Waals surface area contributed by atoms with Crippen molar-refractivity contribution in [1.29, 1.82) is 0 Å². The minimum absolute atomic E-state index is 0.294. The summed E-state index contributed by atoms with van der Waals surface area (Å²) in [6.07, 6.45) is 4.02. The Bertz CT molecular complexity index is 1640. The molecule has 0 unspecified atom stereocenters. The van der Waals surface area contributed by atoms with Gasteiger partial charge in [0.15, 0.2) is 0 Å². The molecular formula is C30H27N5O4S. The third-order valence-corrected chi connectivity index (χ3v) is 8.21. The standard InChI is InChI=1S/C30H27N5O4S/c1-3-24(36)35(28(37)19-11-14-31-15-12-19)29-26-25-23(13-16-32-27(25)40-29)34(30(38)33-26)22-10-9-21(17-18(22)2)39-20-7-5-4-6-8-20/h3-10,13,16-17,19,31H,1,11-12,14-15H2,2H3,(H,33,38). The molecule has 2 aromatic heterocycles. The summed E-state index contributed by atoms with van der Waals surface area (Å²) in [5, 5.41) is 7.22. The number of para-hydroxylation sites is 1. The molecule has 4 heterocycles. The highest BCUT2D eigenvalue weighted by atomic mass is 32.1. The Hall–Kier alpha value is -4.54. The second-order valence-electron chi connectivity index (χ2n) is 9.66. The second-order valence-corrected chi connectivity index (χ2v) is 10.6. The van der Waals surface area contributed by atoms with Crippen LogP contribution in [0.3, 0.4) is 0 Å². The summed E-state index contributed by atoms with van der Waals surface area (Å²) in [5.74, 6) is 0.240. The molecule has 2 aliphatic rings. The van der Waals surface area contributed by atoms with Gasteiger partial charge in [-0.1, -0.05) is 36.1 Å². The summed E-state index contributed by atoms with van der Waals surface area (Å²) in [6, 6.07) is 16.4. The third-order valence-electron chi connectivity index (χ3n) is 7.12. The van der Waals surface area contributed by atoms with Gasteiger partial charge in [-0.05, 0) is 80.9 Å². The van der Waals surface area contributed by atoms with E-state index in [0.717, 1.165) is 16.5 Å². The number of thiophene rings is 1. The molecule has 0 saturated carbocycles. The fraction of sp³-hybridized carbons (Fsp3) is 0.200. The van der Waals surface area contributed by atoms with Crippen LogP contribution < -0.4 is 25.2 Å². The number of carbonyl (C=O) groups excluding carboxylic acids is 3. The molecule has 4 aromatic rings. The fourth-order valence-electron chi connectivity index (χ4n) is 5.18. The molecule has 40 heavy (non-hydrogen) atoms. The lowest BCUT2D eigenvalue weighted by Crippen LogP contribution is -2.44. The highest BCUT2D eigenvalue weighted by Crippen LogP contribution is 2.50. The molecule has 2 aromatic carbocycles. The van der Waals surface area contributed by atoms with E-state index >= 15 is 0 Å². The maximum Gasteiger partial charge on any atom is 0.331 e. The first-order valence-corrected chi connectivity index (χ1v) is 13.8. The van der Waals surface area contributed by atoms with Gasteiger partial charge in [-0.15, -0.1) is 0 Å². The average molecular weight is 554 g/mol. The number of amides is 4. The van der Waals surface area contributed by atoms with E-state index in [9.17, 15) is 14.4 Å². The van der Waals surface area contributed by atoms with Crippen LogP contribution in [0.4, 0.5) is 26.9 Å². The largest absolute Gasteiger partial charge is 0.457 e. The van der Waals surface area contributed by atoms with Gasteiger partial charge in [-0.3, -0.25) is 14.5 Å². The van der Waals surface area contributed by atoms with E-state index in [1.165, 1.54) is 11.3 Å². The van der Waals surface area contributed by atoms with E-state index in [4.69, 9.17) is 4.74 Å². The summed E-state index contributed by atoms with van der Waals surface area (Å²) < 4.78 is 5.97. The monoisotopic (exact) mass is 553 g/mol. The zero-order chi connectivity index (χ0) is 27.8. The number of nitrogens with zero attached hydrogens (tertiary/aromatic N) is 3. The molecule has 0 bridgehead atoms. The van der Waals surface area contributed by atoms with Crippen LogP contribution in [0.1, 0.15) is 18.4 Å². The van der Waals surface area contributed by atoms with E-state index in [-0.39, 0.29) is 11.8 Å². The number of aryl methyl sites for hydroxylation is 1. The molecule has 0 aliphatic carbocycles. The molecule has 1 fully saturated rings. The van der Waals surface area contributed by atoms with Gasteiger partial charge in [0.05, 0.1) is 22.4 Å². The fourth-order valence-corrected chi connectivity index (χ4v) is 6.32. The Morgan fingerprint density at radius 1 is 1.10 bits per heavy atom. The number of hydrogen-bond acceptors (Lipinski definition) is 7. The van der Waals surface area contributed by atoms with Crippen molar-refractivity contribution in [2.45, 2.75) is 19.8 Å². The second kappa shape index (κ2) is 10.6. The van der Waals surface area contributed by atoms with Crippen molar-refractivity contribution in [3.63, 3.8) is 0 Å². The molecule has 202 valence electrons. The van der Waals surface area contributed by atoms with E-state index in [0.29, 0.717) is 69.7 Å². The molecule has 4 amide bonds. The van der Waals surface area contributed by atoms with Crippen LogP contribution in [-0.4, -0.2) is 35.9 Å². The minimum atomic E-state index is -0.533. The lowest BCUT2D eigenvalue weighted by Gasteiger charge is -2.31. The summed E-state index contributed by atoms with van der Waals surface area (Å²) >= 11 is 1.20. The number of carbonyl (C=O) groups is 3. The zero-order valence-corrected chi connectivity index (χ0v) is 22.7. The SMILES string of the molecule is C=CC(=O)N(C(=O)C1CCNCC1)c1sc2nccc3c2c1NC(=O)N3c1ccc(Oc2ccccc2)cc1C. The van der Waals surface area contributed by atoms with Crippen molar-refractivity contribution in [1.82, 2.24) is 10.3 Å². The van der Waals surface area contributed by atoms with Crippen molar-refractivity contribution in [3.05, 3.63) is 79.0 Å². The maximum absolute atomic E-state index is 13.7. The number of benzene rings is 2. The van der Waals surface area contributed by atoms with Gasteiger partial charge < -0.3 is 15.4 Å². The first-order chi connectivity index (χ1) is 19.5. The number of anilines is 4. The summed E-state index contributed by atoms with van der Waals surface area (Å²) in [4.78, 5) is 48.2. The predicted octanol–water partition coefficient (Wildman–Crippen LogP) is 6.13. The topological polar surface area (TPSA) is 104 Å². The Morgan fingerprint density at radius 2 is 1.88 bits per heavy atom. The Labute approximate surface area is 235 Å². The number of ether oxygens (including phenoxy) is 1. The number of imide groups is 1. The van der Waals surface area contributed by atoms with Crippen LogP contribution in [0.15, 0.2) is 73.4 Å². The summed E-state index contributed by atoms with van der Waals surface area (Å²) in [6.45, 7) is 6.94. The highest BCUT2D eigenvalue weighted by Gasteiger charge is 2.37. The van der Waals surface area contributed by atoms with Gasteiger partial charge in [0, 0.05) is 12.1 Å². The van der Waals surface area contributed by atoms with Crippen molar-refractivity contribution in [3.8, 4) is 11.5 Å². The van der Waals surface area contributed by atoms with Crippen molar-refractivity contribution < 1.29 is 19.1 Å². The van der Waals surface area contributed by atoms with Crippen LogP contribution in [0.2, 0.25) is 0 Å². The quantitative estimate of drug-likeness (QED) is 0.279. The molecule has 9 nitrogen and oxygen atoms in total. The van der Waals surface area contributed by atoms with Crippen LogP contribution in [0, 0.1) is 12.8 Å². The smallest absolute Gasteiger partial charge is 0.331 e. The Morgan fingerprint density at radius 3 is 2.60 bits per heavy atom. The van der Waals surface area contributed by atoms with Gasteiger partial charge in [0.1, 0.15) is 21.3 Å². The highest BCUT2D eigenvalue weighted by molar-refractivity contribution is 7.23. The molecule has 0 spiro atoms. The summed E-state index contributed by atoms with van der Waals surface area (Å²) in [7, 11) is 0. The van der Waals surface area contributed by atoms with Crippen LogP contribution >= 0.6 is 11.3 Å². The van der Waals surface area contributed by atoms with Crippen molar-refractivity contribution in [2.24, 2.45) is 5.92 Å².